The van der Waals surface area contributed by atoms with Gasteiger partial charge >= 0.3 is 0 Å². The van der Waals surface area contributed by atoms with Crippen molar-refractivity contribution in [3.05, 3.63) is 54.6 Å². The first-order valence-corrected chi connectivity index (χ1v) is 8.84. The third-order valence-corrected chi connectivity index (χ3v) is 3.79. The van der Waals surface area contributed by atoms with Gasteiger partial charge in [-0.3, -0.25) is 4.79 Å². The maximum Gasteiger partial charge on any atom is 0.224 e. The molecule has 0 aliphatic rings. The van der Waals surface area contributed by atoms with Crippen molar-refractivity contribution in [1.29, 1.82) is 0 Å². The number of carbonyl (C=O) groups is 1. The summed E-state index contributed by atoms with van der Waals surface area (Å²) in [4.78, 5) is 12.1. The minimum Gasteiger partial charge on any atom is -0.490 e. The van der Waals surface area contributed by atoms with E-state index in [0.29, 0.717) is 36.8 Å². The Morgan fingerprint density at radius 2 is 1.96 bits per heavy atom. The standard InChI is InChI=1S/C19H20FN5O3/c1-2-27-17-6-3-4-7-18(17)28-11-5-8-19(26)22-16-12-14(9-10-15(16)20)25-13-21-23-24-25/h3-4,6-7,9-10,12-13H,2,5,8,11H2,1H3,(H,22,26). The van der Waals surface area contributed by atoms with Gasteiger partial charge in [-0.15, -0.1) is 5.10 Å². The topological polar surface area (TPSA) is 91.2 Å². The molecule has 3 aromatic rings. The summed E-state index contributed by atoms with van der Waals surface area (Å²) in [6.07, 6.45) is 2.04. The van der Waals surface area contributed by atoms with E-state index in [1.54, 1.807) is 0 Å². The molecule has 1 aromatic heterocycles. The molecular formula is C19H20FN5O3. The second-order valence-electron chi connectivity index (χ2n) is 5.80. The first-order chi connectivity index (χ1) is 13.7. The van der Waals surface area contributed by atoms with Gasteiger partial charge < -0.3 is 14.8 Å². The number of aromatic nitrogens is 4. The van der Waals surface area contributed by atoms with Crippen molar-refractivity contribution in [3.63, 3.8) is 0 Å². The van der Waals surface area contributed by atoms with Gasteiger partial charge in [0.2, 0.25) is 5.91 Å². The zero-order valence-electron chi connectivity index (χ0n) is 15.3. The van der Waals surface area contributed by atoms with Crippen LogP contribution >= 0.6 is 0 Å². The molecule has 0 atom stereocenters. The molecule has 8 nitrogen and oxygen atoms in total. The maximum absolute atomic E-state index is 14.0. The number of nitrogens with zero attached hydrogens (tertiary/aromatic N) is 4. The predicted octanol–water partition coefficient (Wildman–Crippen LogP) is 3.00. The summed E-state index contributed by atoms with van der Waals surface area (Å²) in [5, 5.41) is 13.4. The second-order valence-corrected chi connectivity index (χ2v) is 5.80. The molecule has 1 N–H and O–H groups in total. The van der Waals surface area contributed by atoms with E-state index in [1.165, 1.54) is 29.2 Å². The molecule has 28 heavy (non-hydrogen) atoms. The lowest BCUT2D eigenvalue weighted by Crippen LogP contribution is -2.14. The maximum atomic E-state index is 14.0. The molecule has 0 saturated heterocycles. The molecule has 3 rings (SSSR count). The number of halogens is 1. The third-order valence-electron chi connectivity index (χ3n) is 3.79. The Hall–Kier alpha value is -3.49. The van der Waals surface area contributed by atoms with Crippen LogP contribution < -0.4 is 14.8 Å². The smallest absolute Gasteiger partial charge is 0.224 e. The van der Waals surface area contributed by atoms with Crippen molar-refractivity contribution in [2.75, 3.05) is 18.5 Å². The average molecular weight is 385 g/mol. The lowest BCUT2D eigenvalue weighted by molar-refractivity contribution is -0.116. The second kappa shape index (κ2) is 9.45. The Bertz CT molecular complexity index is 918. The minimum absolute atomic E-state index is 0.0700. The fourth-order valence-corrected chi connectivity index (χ4v) is 2.50. The van der Waals surface area contributed by atoms with Crippen LogP contribution in [0, 0.1) is 5.82 Å². The molecular weight excluding hydrogens is 365 g/mol. The zero-order chi connectivity index (χ0) is 19.8. The Morgan fingerprint density at radius 3 is 2.68 bits per heavy atom. The van der Waals surface area contributed by atoms with Crippen LogP contribution in [0.25, 0.3) is 5.69 Å². The van der Waals surface area contributed by atoms with E-state index in [4.69, 9.17) is 9.47 Å². The lowest BCUT2D eigenvalue weighted by Gasteiger charge is -2.12. The van der Waals surface area contributed by atoms with Gasteiger partial charge in [-0.1, -0.05) is 12.1 Å². The highest BCUT2D eigenvalue weighted by atomic mass is 19.1. The molecule has 2 aromatic carbocycles. The van der Waals surface area contributed by atoms with E-state index in [0.717, 1.165) is 0 Å². The molecule has 0 radical (unpaired) electrons. The molecule has 0 aliphatic carbocycles. The van der Waals surface area contributed by atoms with Crippen LogP contribution in [0.3, 0.4) is 0 Å². The SMILES string of the molecule is CCOc1ccccc1OCCCC(=O)Nc1cc(-n2cnnn2)ccc1F. The van der Waals surface area contributed by atoms with E-state index < -0.39 is 5.82 Å². The largest absolute Gasteiger partial charge is 0.490 e. The van der Waals surface area contributed by atoms with Crippen molar-refractivity contribution in [2.24, 2.45) is 0 Å². The van der Waals surface area contributed by atoms with Gasteiger partial charge in [0.25, 0.3) is 0 Å². The van der Waals surface area contributed by atoms with Crippen LogP contribution in [0.5, 0.6) is 11.5 Å². The molecule has 0 fully saturated rings. The van der Waals surface area contributed by atoms with Crippen molar-refractivity contribution in [1.82, 2.24) is 20.2 Å². The lowest BCUT2D eigenvalue weighted by atomic mass is 10.2. The summed E-state index contributed by atoms with van der Waals surface area (Å²) in [7, 11) is 0. The molecule has 0 saturated carbocycles. The Balaban J connectivity index is 1.51. The molecule has 0 unspecified atom stereocenters. The van der Waals surface area contributed by atoms with Gasteiger partial charge in [0.1, 0.15) is 12.1 Å². The summed E-state index contributed by atoms with van der Waals surface area (Å²) in [6, 6.07) is 11.6. The van der Waals surface area contributed by atoms with Gasteiger partial charge in [0, 0.05) is 6.42 Å². The van der Waals surface area contributed by atoms with Gasteiger partial charge in [-0.25, -0.2) is 9.07 Å². The van der Waals surface area contributed by atoms with Gasteiger partial charge in [0.05, 0.1) is 24.6 Å². The van der Waals surface area contributed by atoms with Crippen LogP contribution in [-0.2, 0) is 4.79 Å². The fraction of sp³-hybridized carbons (Fsp3) is 0.263. The highest BCUT2D eigenvalue weighted by molar-refractivity contribution is 5.91. The number of hydrogen-bond acceptors (Lipinski definition) is 6. The van der Waals surface area contributed by atoms with Crippen molar-refractivity contribution >= 4 is 11.6 Å². The molecule has 0 spiro atoms. The highest BCUT2D eigenvalue weighted by Gasteiger charge is 2.10. The zero-order valence-corrected chi connectivity index (χ0v) is 15.3. The number of benzene rings is 2. The number of hydrogen-bond donors (Lipinski definition) is 1. The third kappa shape index (κ3) is 5.03. The summed E-state index contributed by atoms with van der Waals surface area (Å²) >= 11 is 0. The number of rotatable bonds is 9. The number of ether oxygens (including phenoxy) is 2. The Kier molecular flexibility index (Phi) is 6.50. The fourth-order valence-electron chi connectivity index (χ4n) is 2.50. The van der Waals surface area contributed by atoms with Crippen molar-refractivity contribution in [2.45, 2.75) is 19.8 Å². The van der Waals surface area contributed by atoms with E-state index in [-0.39, 0.29) is 18.0 Å². The van der Waals surface area contributed by atoms with Gasteiger partial charge in [-0.2, -0.15) is 0 Å². The summed E-state index contributed by atoms with van der Waals surface area (Å²) < 4.78 is 26.5. The molecule has 0 bridgehead atoms. The van der Waals surface area contributed by atoms with Crippen LogP contribution in [0.2, 0.25) is 0 Å². The minimum atomic E-state index is -0.535. The Labute approximate surface area is 161 Å². The first-order valence-electron chi connectivity index (χ1n) is 8.84. The Morgan fingerprint density at radius 1 is 1.18 bits per heavy atom. The number of para-hydroxylation sites is 2. The number of carbonyl (C=O) groups excluding carboxylic acids is 1. The summed E-state index contributed by atoms with van der Waals surface area (Å²) in [6.45, 7) is 2.78. The summed E-state index contributed by atoms with van der Waals surface area (Å²) in [5.74, 6) is 0.447. The molecule has 1 amide bonds. The number of nitrogens with one attached hydrogen (secondary N) is 1. The van der Waals surface area contributed by atoms with Crippen LogP contribution in [0.1, 0.15) is 19.8 Å². The van der Waals surface area contributed by atoms with E-state index in [2.05, 4.69) is 20.8 Å². The highest BCUT2D eigenvalue weighted by Crippen LogP contribution is 2.26. The van der Waals surface area contributed by atoms with E-state index >= 15 is 0 Å². The van der Waals surface area contributed by atoms with Crippen molar-refractivity contribution < 1.29 is 18.7 Å². The predicted molar refractivity (Wildman–Crippen MR) is 100 cm³/mol. The molecule has 1 heterocycles. The van der Waals surface area contributed by atoms with Crippen LogP contribution in [0.15, 0.2) is 48.8 Å². The number of tetrazole rings is 1. The number of amides is 1. The number of anilines is 1. The summed E-state index contributed by atoms with van der Waals surface area (Å²) in [5.41, 5.74) is 0.609. The van der Waals surface area contributed by atoms with Crippen LogP contribution in [-0.4, -0.2) is 39.3 Å². The molecule has 9 heteroatoms. The first kappa shape index (κ1) is 19.3. The quantitative estimate of drug-likeness (QED) is 0.570. The van der Waals surface area contributed by atoms with Gasteiger partial charge in [-0.05, 0) is 54.1 Å². The normalized spacial score (nSPS) is 10.5. The molecule has 146 valence electrons. The van der Waals surface area contributed by atoms with E-state index in [1.807, 2.05) is 31.2 Å². The monoisotopic (exact) mass is 385 g/mol. The van der Waals surface area contributed by atoms with Crippen LogP contribution in [0.4, 0.5) is 10.1 Å². The van der Waals surface area contributed by atoms with Crippen molar-refractivity contribution in [3.8, 4) is 17.2 Å². The molecule has 0 aliphatic heterocycles. The average Bonchev–Trinajstić information content (AvgIpc) is 3.23. The van der Waals surface area contributed by atoms with Gasteiger partial charge in [0.15, 0.2) is 11.5 Å². The van der Waals surface area contributed by atoms with E-state index in [9.17, 15) is 9.18 Å².